The molecule has 1 heterocycles. The van der Waals surface area contributed by atoms with Gasteiger partial charge < -0.3 is 5.32 Å². The minimum Gasteiger partial charge on any atom is -0.349 e. The van der Waals surface area contributed by atoms with Crippen LogP contribution in [0.2, 0.25) is 0 Å². The van der Waals surface area contributed by atoms with E-state index in [0.717, 1.165) is 27.1 Å². The van der Waals surface area contributed by atoms with Gasteiger partial charge in [0.1, 0.15) is 0 Å². The Hall–Kier alpha value is -0.350. The zero-order chi connectivity index (χ0) is 13.3. The van der Waals surface area contributed by atoms with Crippen LogP contribution in [0, 0.1) is 12.3 Å². The Morgan fingerprint density at radius 1 is 1.56 bits per heavy atom. The summed E-state index contributed by atoms with van der Waals surface area (Å²) < 4.78 is 1.05. The predicted molar refractivity (Wildman–Crippen MR) is 80.3 cm³/mol. The van der Waals surface area contributed by atoms with Crippen LogP contribution in [0.1, 0.15) is 54.8 Å². The Morgan fingerprint density at radius 2 is 2.28 bits per heavy atom. The van der Waals surface area contributed by atoms with Crippen LogP contribution in [0.15, 0.2) is 9.85 Å². The molecule has 0 saturated heterocycles. The maximum atomic E-state index is 12.2. The van der Waals surface area contributed by atoms with E-state index < -0.39 is 0 Å². The summed E-state index contributed by atoms with van der Waals surface area (Å²) >= 11 is 4.98. The Balaban J connectivity index is 1.99. The molecule has 2 nitrogen and oxygen atoms in total. The van der Waals surface area contributed by atoms with E-state index in [-0.39, 0.29) is 5.91 Å². The van der Waals surface area contributed by atoms with Gasteiger partial charge in [-0.25, -0.2) is 0 Å². The highest BCUT2D eigenvalue weighted by Gasteiger charge is 2.29. The molecule has 2 rings (SSSR count). The molecule has 4 heteroatoms. The standard InChI is InChI=1S/C14H20BrNOS/c1-9-7-11(18-12(9)15)13(17)16-10-5-4-6-14(2,3)8-10/h7,10H,4-6,8H2,1-3H3,(H,16,17). The van der Waals surface area contributed by atoms with Gasteiger partial charge in [0.2, 0.25) is 0 Å². The summed E-state index contributed by atoms with van der Waals surface area (Å²) in [5.41, 5.74) is 1.50. The summed E-state index contributed by atoms with van der Waals surface area (Å²) in [5, 5.41) is 3.18. The van der Waals surface area contributed by atoms with Gasteiger partial charge in [0, 0.05) is 6.04 Å². The van der Waals surface area contributed by atoms with E-state index >= 15 is 0 Å². The molecule has 1 aliphatic rings. The lowest BCUT2D eigenvalue weighted by molar-refractivity contribution is 0.0906. The number of aryl methyl sites for hydroxylation is 1. The van der Waals surface area contributed by atoms with Crippen molar-refractivity contribution in [1.29, 1.82) is 0 Å². The molecule has 1 aliphatic carbocycles. The summed E-state index contributed by atoms with van der Waals surface area (Å²) in [6.07, 6.45) is 4.68. The van der Waals surface area contributed by atoms with E-state index in [1.54, 1.807) is 0 Å². The third-order valence-corrected chi connectivity index (χ3v) is 5.76. The van der Waals surface area contributed by atoms with Crippen LogP contribution in [0.5, 0.6) is 0 Å². The molecule has 1 aromatic heterocycles. The Morgan fingerprint density at radius 3 is 2.83 bits per heavy atom. The van der Waals surface area contributed by atoms with E-state index in [2.05, 4.69) is 35.1 Å². The first kappa shape index (κ1) is 14.1. The highest BCUT2D eigenvalue weighted by atomic mass is 79.9. The lowest BCUT2D eigenvalue weighted by Crippen LogP contribution is -2.40. The second kappa shape index (κ2) is 5.33. The molecule has 1 unspecified atom stereocenters. The molecule has 1 fully saturated rings. The summed E-state index contributed by atoms with van der Waals surface area (Å²) in [6, 6.07) is 2.29. The molecular weight excluding hydrogens is 310 g/mol. The normalized spacial score (nSPS) is 22.8. The average molecular weight is 330 g/mol. The van der Waals surface area contributed by atoms with Crippen molar-refractivity contribution in [2.75, 3.05) is 0 Å². The minimum atomic E-state index is 0.0801. The average Bonchev–Trinajstić information content (AvgIpc) is 2.58. The first-order chi connectivity index (χ1) is 8.37. The van der Waals surface area contributed by atoms with E-state index in [1.165, 1.54) is 24.2 Å². The largest absolute Gasteiger partial charge is 0.349 e. The number of hydrogen-bond donors (Lipinski definition) is 1. The number of amides is 1. The molecule has 1 amide bonds. The van der Waals surface area contributed by atoms with Gasteiger partial charge in [-0.2, -0.15) is 0 Å². The second-order valence-electron chi connectivity index (χ2n) is 6.00. The van der Waals surface area contributed by atoms with Crippen molar-refractivity contribution in [2.45, 2.75) is 52.5 Å². The van der Waals surface area contributed by atoms with Gasteiger partial charge in [-0.3, -0.25) is 4.79 Å². The van der Waals surface area contributed by atoms with Crippen molar-refractivity contribution < 1.29 is 4.79 Å². The fraction of sp³-hybridized carbons (Fsp3) is 0.643. The molecule has 0 bridgehead atoms. The molecule has 18 heavy (non-hydrogen) atoms. The van der Waals surface area contributed by atoms with Gasteiger partial charge in [-0.1, -0.05) is 20.3 Å². The van der Waals surface area contributed by atoms with Gasteiger partial charge in [-0.15, -0.1) is 11.3 Å². The molecule has 1 N–H and O–H groups in total. The highest BCUT2D eigenvalue weighted by molar-refractivity contribution is 9.11. The van der Waals surface area contributed by atoms with Crippen molar-refractivity contribution in [3.8, 4) is 0 Å². The third-order valence-electron chi connectivity index (χ3n) is 3.62. The van der Waals surface area contributed by atoms with Crippen molar-refractivity contribution >= 4 is 33.2 Å². The lowest BCUT2D eigenvalue weighted by Gasteiger charge is -2.35. The van der Waals surface area contributed by atoms with Crippen molar-refractivity contribution in [1.82, 2.24) is 5.32 Å². The number of halogens is 1. The van der Waals surface area contributed by atoms with Crippen LogP contribution >= 0.6 is 27.3 Å². The third kappa shape index (κ3) is 3.35. The fourth-order valence-electron chi connectivity index (χ4n) is 2.65. The van der Waals surface area contributed by atoms with Crippen LogP contribution in [0.4, 0.5) is 0 Å². The zero-order valence-electron chi connectivity index (χ0n) is 11.2. The van der Waals surface area contributed by atoms with Crippen molar-refractivity contribution in [3.63, 3.8) is 0 Å². The van der Waals surface area contributed by atoms with Crippen molar-refractivity contribution in [3.05, 3.63) is 20.3 Å². The van der Waals surface area contributed by atoms with E-state index in [1.807, 2.05) is 13.0 Å². The van der Waals surface area contributed by atoms with Crippen LogP contribution in [-0.4, -0.2) is 11.9 Å². The zero-order valence-corrected chi connectivity index (χ0v) is 13.6. The van der Waals surface area contributed by atoms with Gasteiger partial charge in [0.05, 0.1) is 8.66 Å². The minimum absolute atomic E-state index is 0.0801. The number of carbonyl (C=O) groups excluding carboxylic acids is 1. The summed E-state index contributed by atoms with van der Waals surface area (Å²) in [5.74, 6) is 0.0801. The number of carbonyl (C=O) groups is 1. The Kier molecular flexibility index (Phi) is 4.17. The number of nitrogens with one attached hydrogen (secondary N) is 1. The molecular formula is C14H20BrNOS. The summed E-state index contributed by atoms with van der Waals surface area (Å²) in [7, 11) is 0. The first-order valence-corrected chi connectivity index (χ1v) is 8.05. The van der Waals surface area contributed by atoms with E-state index in [4.69, 9.17) is 0 Å². The Labute approximate surface area is 121 Å². The van der Waals surface area contributed by atoms with Gasteiger partial charge in [0.25, 0.3) is 5.91 Å². The van der Waals surface area contributed by atoms with Gasteiger partial charge >= 0.3 is 0 Å². The van der Waals surface area contributed by atoms with E-state index in [9.17, 15) is 4.79 Å². The lowest BCUT2D eigenvalue weighted by atomic mass is 9.75. The number of hydrogen-bond acceptors (Lipinski definition) is 2. The van der Waals surface area contributed by atoms with Crippen LogP contribution in [0.3, 0.4) is 0 Å². The quantitative estimate of drug-likeness (QED) is 0.849. The smallest absolute Gasteiger partial charge is 0.261 e. The molecule has 0 aromatic carbocycles. The molecule has 1 atom stereocenters. The van der Waals surface area contributed by atoms with E-state index in [0.29, 0.717) is 11.5 Å². The number of rotatable bonds is 2. The SMILES string of the molecule is Cc1cc(C(=O)NC2CCCC(C)(C)C2)sc1Br. The molecule has 100 valence electrons. The second-order valence-corrected chi connectivity index (χ2v) is 8.37. The predicted octanol–water partition coefficient (Wildman–Crippen LogP) is 4.52. The highest BCUT2D eigenvalue weighted by Crippen LogP contribution is 2.35. The monoisotopic (exact) mass is 329 g/mol. The maximum absolute atomic E-state index is 12.2. The molecule has 0 spiro atoms. The summed E-state index contributed by atoms with van der Waals surface area (Å²) in [6.45, 7) is 6.59. The number of thiophene rings is 1. The van der Waals surface area contributed by atoms with Gasteiger partial charge in [0.15, 0.2) is 0 Å². The molecule has 0 radical (unpaired) electrons. The fourth-order valence-corrected chi connectivity index (χ4v) is 4.09. The van der Waals surface area contributed by atoms with Crippen molar-refractivity contribution in [2.24, 2.45) is 5.41 Å². The Bertz CT molecular complexity index is 433. The van der Waals surface area contributed by atoms with Crippen LogP contribution in [0.25, 0.3) is 0 Å². The molecule has 0 aliphatic heterocycles. The summed E-state index contributed by atoms with van der Waals surface area (Å²) in [4.78, 5) is 13.0. The molecule has 1 saturated carbocycles. The van der Waals surface area contributed by atoms with Gasteiger partial charge in [-0.05, 0) is 59.2 Å². The topological polar surface area (TPSA) is 29.1 Å². The molecule has 1 aromatic rings. The van der Waals surface area contributed by atoms with Crippen LogP contribution in [-0.2, 0) is 0 Å². The van der Waals surface area contributed by atoms with Crippen LogP contribution < -0.4 is 5.32 Å². The first-order valence-electron chi connectivity index (χ1n) is 6.44. The maximum Gasteiger partial charge on any atom is 0.261 e.